The Morgan fingerprint density at radius 1 is 1.11 bits per heavy atom. The summed E-state index contributed by atoms with van der Waals surface area (Å²) in [5.74, 6) is 1.69. The van der Waals surface area contributed by atoms with Crippen LogP contribution >= 0.6 is 0 Å². The van der Waals surface area contributed by atoms with Crippen molar-refractivity contribution in [2.75, 3.05) is 18.4 Å². The number of hydrogen-bond donors (Lipinski definition) is 1. The largest absolute Gasteiger partial charge is 0.457 e. The lowest BCUT2D eigenvalue weighted by atomic mass is 10.1. The quantitative estimate of drug-likeness (QED) is 0.794. The second-order valence-corrected chi connectivity index (χ2v) is 7.35. The van der Waals surface area contributed by atoms with E-state index in [9.17, 15) is 9.59 Å². The fraction of sp³-hybridized carbons (Fsp3) is 0.364. The standard InChI is InChI=1S/C22H26N2O3/c1-16(2)12-13-24-15-17(14-21(24)25)22(26)23-18-8-10-20(11-9-18)27-19-6-4-3-5-7-19/h3-11,16-17H,12-15H2,1-2H3,(H,23,26). The summed E-state index contributed by atoms with van der Waals surface area (Å²) in [6, 6.07) is 16.8. The third-order valence-corrected chi connectivity index (χ3v) is 4.66. The topological polar surface area (TPSA) is 58.6 Å². The summed E-state index contributed by atoms with van der Waals surface area (Å²) in [6.45, 7) is 5.50. The predicted octanol–water partition coefficient (Wildman–Crippen LogP) is 4.31. The lowest BCUT2D eigenvalue weighted by Gasteiger charge is -2.17. The molecule has 142 valence electrons. The van der Waals surface area contributed by atoms with Gasteiger partial charge in [-0.2, -0.15) is 0 Å². The van der Waals surface area contributed by atoms with Gasteiger partial charge >= 0.3 is 0 Å². The minimum Gasteiger partial charge on any atom is -0.457 e. The normalized spacial score (nSPS) is 16.6. The van der Waals surface area contributed by atoms with Gasteiger partial charge in [0, 0.05) is 25.2 Å². The van der Waals surface area contributed by atoms with Crippen LogP contribution in [0.3, 0.4) is 0 Å². The predicted molar refractivity (Wildman–Crippen MR) is 106 cm³/mol. The van der Waals surface area contributed by atoms with Crippen molar-refractivity contribution in [3.05, 3.63) is 54.6 Å². The van der Waals surface area contributed by atoms with Crippen LogP contribution in [0.4, 0.5) is 5.69 Å². The Kier molecular flexibility index (Phi) is 6.12. The van der Waals surface area contributed by atoms with Crippen LogP contribution in [-0.4, -0.2) is 29.8 Å². The lowest BCUT2D eigenvalue weighted by molar-refractivity contribution is -0.128. The number of para-hydroxylation sites is 1. The van der Waals surface area contributed by atoms with E-state index in [4.69, 9.17) is 4.74 Å². The molecular formula is C22H26N2O3. The highest BCUT2D eigenvalue weighted by Crippen LogP contribution is 2.24. The second-order valence-electron chi connectivity index (χ2n) is 7.35. The fourth-order valence-corrected chi connectivity index (χ4v) is 3.05. The van der Waals surface area contributed by atoms with Gasteiger partial charge in [0.25, 0.3) is 0 Å². The molecule has 1 aliphatic rings. The maximum Gasteiger partial charge on any atom is 0.229 e. The van der Waals surface area contributed by atoms with Crippen LogP contribution in [0, 0.1) is 11.8 Å². The van der Waals surface area contributed by atoms with E-state index in [0.717, 1.165) is 18.7 Å². The van der Waals surface area contributed by atoms with Gasteiger partial charge in [0.1, 0.15) is 11.5 Å². The number of rotatable bonds is 7. The van der Waals surface area contributed by atoms with E-state index < -0.39 is 0 Å². The highest BCUT2D eigenvalue weighted by Gasteiger charge is 2.34. The summed E-state index contributed by atoms with van der Waals surface area (Å²) in [7, 11) is 0. The zero-order chi connectivity index (χ0) is 19.2. The molecule has 5 heteroatoms. The van der Waals surface area contributed by atoms with E-state index in [1.165, 1.54) is 0 Å². The number of ether oxygens (including phenoxy) is 1. The van der Waals surface area contributed by atoms with Crippen LogP contribution in [-0.2, 0) is 9.59 Å². The molecule has 0 aromatic heterocycles. The molecule has 1 N–H and O–H groups in total. The van der Waals surface area contributed by atoms with E-state index in [1.807, 2.05) is 54.6 Å². The summed E-state index contributed by atoms with van der Waals surface area (Å²) in [6.07, 6.45) is 1.25. The molecule has 0 radical (unpaired) electrons. The minimum absolute atomic E-state index is 0.0717. The van der Waals surface area contributed by atoms with Crippen molar-refractivity contribution in [1.82, 2.24) is 4.90 Å². The van der Waals surface area contributed by atoms with Crippen LogP contribution in [0.25, 0.3) is 0 Å². The summed E-state index contributed by atoms with van der Waals surface area (Å²) >= 11 is 0. The number of carbonyl (C=O) groups is 2. The highest BCUT2D eigenvalue weighted by molar-refractivity contribution is 5.97. The molecule has 0 saturated carbocycles. The summed E-state index contributed by atoms with van der Waals surface area (Å²) in [5.41, 5.74) is 0.702. The van der Waals surface area contributed by atoms with Crippen LogP contribution in [0.15, 0.2) is 54.6 Å². The Hall–Kier alpha value is -2.82. The Morgan fingerprint density at radius 3 is 2.44 bits per heavy atom. The molecule has 0 spiro atoms. The molecule has 1 fully saturated rings. The summed E-state index contributed by atoms with van der Waals surface area (Å²) < 4.78 is 5.75. The first-order valence-electron chi connectivity index (χ1n) is 9.43. The number of amides is 2. The SMILES string of the molecule is CC(C)CCN1CC(C(=O)Nc2ccc(Oc3ccccc3)cc2)CC1=O. The molecule has 3 rings (SSSR count). The molecular weight excluding hydrogens is 340 g/mol. The third kappa shape index (κ3) is 5.33. The maximum absolute atomic E-state index is 12.5. The van der Waals surface area contributed by atoms with Gasteiger partial charge in [-0.1, -0.05) is 32.0 Å². The fourth-order valence-electron chi connectivity index (χ4n) is 3.05. The summed E-state index contributed by atoms with van der Waals surface area (Å²) in [4.78, 5) is 26.4. The molecule has 1 aliphatic heterocycles. The maximum atomic E-state index is 12.5. The number of nitrogens with zero attached hydrogens (tertiary/aromatic N) is 1. The van der Waals surface area contributed by atoms with E-state index in [2.05, 4.69) is 19.2 Å². The molecule has 2 aromatic rings. The Balaban J connectivity index is 1.53. The minimum atomic E-state index is -0.287. The van der Waals surface area contributed by atoms with Gasteiger partial charge in [0.15, 0.2) is 0 Å². The van der Waals surface area contributed by atoms with E-state index >= 15 is 0 Å². The monoisotopic (exact) mass is 366 g/mol. The zero-order valence-corrected chi connectivity index (χ0v) is 15.9. The number of carbonyl (C=O) groups excluding carboxylic acids is 2. The zero-order valence-electron chi connectivity index (χ0n) is 15.9. The first kappa shape index (κ1) is 19.0. The van der Waals surface area contributed by atoms with E-state index in [-0.39, 0.29) is 17.7 Å². The molecule has 27 heavy (non-hydrogen) atoms. The molecule has 0 aliphatic carbocycles. The van der Waals surface area contributed by atoms with Crippen molar-refractivity contribution in [3.8, 4) is 11.5 Å². The van der Waals surface area contributed by atoms with E-state index in [0.29, 0.717) is 30.3 Å². The molecule has 1 saturated heterocycles. The third-order valence-electron chi connectivity index (χ3n) is 4.66. The average Bonchev–Trinajstić information content (AvgIpc) is 3.03. The van der Waals surface area contributed by atoms with Crippen LogP contribution in [0.5, 0.6) is 11.5 Å². The van der Waals surface area contributed by atoms with Crippen molar-refractivity contribution in [1.29, 1.82) is 0 Å². The first-order valence-corrected chi connectivity index (χ1v) is 9.43. The Morgan fingerprint density at radius 2 is 1.78 bits per heavy atom. The number of benzene rings is 2. The molecule has 5 nitrogen and oxygen atoms in total. The first-order chi connectivity index (χ1) is 13.0. The highest BCUT2D eigenvalue weighted by atomic mass is 16.5. The lowest BCUT2D eigenvalue weighted by Crippen LogP contribution is -2.29. The van der Waals surface area contributed by atoms with Gasteiger partial charge in [0.05, 0.1) is 5.92 Å². The average molecular weight is 366 g/mol. The Bertz CT molecular complexity index is 772. The van der Waals surface area contributed by atoms with Gasteiger partial charge < -0.3 is 15.0 Å². The van der Waals surface area contributed by atoms with Gasteiger partial charge in [0.2, 0.25) is 11.8 Å². The second kappa shape index (κ2) is 8.71. The van der Waals surface area contributed by atoms with Gasteiger partial charge in [-0.05, 0) is 48.7 Å². The van der Waals surface area contributed by atoms with Crippen molar-refractivity contribution < 1.29 is 14.3 Å². The van der Waals surface area contributed by atoms with Crippen LogP contribution < -0.4 is 10.1 Å². The van der Waals surface area contributed by atoms with Crippen LogP contribution in [0.2, 0.25) is 0 Å². The molecule has 0 bridgehead atoms. The number of nitrogens with one attached hydrogen (secondary N) is 1. The number of hydrogen-bond acceptors (Lipinski definition) is 3. The van der Waals surface area contributed by atoms with Crippen molar-refractivity contribution in [2.45, 2.75) is 26.7 Å². The number of anilines is 1. The molecule has 1 unspecified atom stereocenters. The van der Waals surface area contributed by atoms with Gasteiger partial charge in [-0.15, -0.1) is 0 Å². The van der Waals surface area contributed by atoms with E-state index in [1.54, 1.807) is 4.90 Å². The van der Waals surface area contributed by atoms with Crippen LogP contribution in [0.1, 0.15) is 26.7 Å². The molecule has 2 aromatic carbocycles. The Labute approximate surface area is 160 Å². The van der Waals surface area contributed by atoms with Gasteiger partial charge in [-0.3, -0.25) is 9.59 Å². The van der Waals surface area contributed by atoms with Crippen molar-refractivity contribution in [3.63, 3.8) is 0 Å². The van der Waals surface area contributed by atoms with Gasteiger partial charge in [-0.25, -0.2) is 0 Å². The molecule has 1 atom stereocenters. The van der Waals surface area contributed by atoms with Crippen molar-refractivity contribution >= 4 is 17.5 Å². The van der Waals surface area contributed by atoms with Crippen molar-refractivity contribution in [2.24, 2.45) is 11.8 Å². The summed E-state index contributed by atoms with van der Waals surface area (Å²) in [5, 5.41) is 2.91. The number of likely N-dealkylation sites (tertiary alicyclic amines) is 1. The molecule has 2 amide bonds. The molecule has 1 heterocycles. The smallest absolute Gasteiger partial charge is 0.229 e.